The van der Waals surface area contributed by atoms with Gasteiger partial charge in [-0.2, -0.15) is 0 Å². The summed E-state index contributed by atoms with van der Waals surface area (Å²) in [5.74, 6) is 0. The summed E-state index contributed by atoms with van der Waals surface area (Å²) >= 11 is 0. The highest BCUT2D eigenvalue weighted by Crippen LogP contribution is 2.47. The lowest BCUT2D eigenvalue weighted by molar-refractivity contribution is 0.305. The van der Waals surface area contributed by atoms with Crippen molar-refractivity contribution in [2.75, 3.05) is 11.8 Å². The van der Waals surface area contributed by atoms with Crippen molar-refractivity contribution in [3.8, 4) is 0 Å². The maximum Gasteiger partial charge on any atom is 0.291 e. The molecule has 0 aliphatic carbocycles. The molecule has 64 valence electrons. The Morgan fingerprint density at radius 3 is 3.08 bits per heavy atom. The van der Waals surface area contributed by atoms with E-state index < -0.39 is 7.52 Å². The molecule has 1 aliphatic heterocycles. The average Bonchev–Trinajstić information content (AvgIpc) is 2.02. The fraction of sp³-hybridized carbons (Fsp3) is 0.250. The number of fused-ring (bicyclic) bond motifs is 1. The van der Waals surface area contributed by atoms with E-state index in [9.17, 15) is 4.57 Å². The van der Waals surface area contributed by atoms with Crippen LogP contribution < -0.4 is 5.09 Å². The Kier molecular flexibility index (Phi) is 1.71. The highest BCUT2D eigenvalue weighted by molar-refractivity contribution is 7.59. The summed E-state index contributed by atoms with van der Waals surface area (Å²) in [6, 6.07) is 7.72. The summed E-state index contributed by atoms with van der Waals surface area (Å²) in [5.41, 5.74) is 1.99. The molecule has 0 fully saturated rings. The largest absolute Gasteiger partial charge is 0.315 e. The molecule has 1 aromatic carbocycles. The van der Waals surface area contributed by atoms with Crippen molar-refractivity contribution in [3.05, 3.63) is 29.8 Å². The molecule has 4 heteroatoms. The van der Waals surface area contributed by atoms with Crippen molar-refractivity contribution in [3.63, 3.8) is 0 Å². The average molecular weight is 183 g/mol. The first-order chi connectivity index (χ1) is 5.67. The van der Waals surface area contributed by atoms with Gasteiger partial charge >= 0.3 is 0 Å². The summed E-state index contributed by atoms with van der Waals surface area (Å²) in [5, 5.41) is 2.87. The van der Waals surface area contributed by atoms with E-state index >= 15 is 0 Å². The summed E-state index contributed by atoms with van der Waals surface area (Å²) < 4.78 is 16.6. The van der Waals surface area contributed by atoms with Gasteiger partial charge in [-0.05, 0) is 6.07 Å². The number of hydrogen-bond donors (Lipinski definition) is 1. The molecule has 3 nitrogen and oxygen atoms in total. The number of hydrogen-bond acceptors (Lipinski definition) is 2. The maximum absolute atomic E-state index is 11.5. The van der Waals surface area contributed by atoms with Crippen LogP contribution in [0.2, 0.25) is 0 Å². The highest BCUT2D eigenvalue weighted by atomic mass is 31.2. The Balaban J connectivity index is 2.42. The molecular weight excluding hydrogens is 173 g/mol. The van der Waals surface area contributed by atoms with Crippen LogP contribution >= 0.6 is 7.52 Å². The van der Waals surface area contributed by atoms with Crippen molar-refractivity contribution in [1.82, 2.24) is 0 Å². The monoisotopic (exact) mass is 183 g/mol. The smallest absolute Gasteiger partial charge is 0.291 e. The van der Waals surface area contributed by atoms with Gasteiger partial charge in [-0.25, -0.2) is 0 Å². The predicted molar refractivity (Wildman–Crippen MR) is 48.4 cm³/mol. The summed E-state index contributed by atoms with van der Waals surface area (Å²) in [6.07, 6.45) is 0. The first-order valence-corrected chi connectivity index (χ1v) is 5.83. The number of anilines is 1. The van der Waals surface area contributed by atoms with Gasteiger partial charge in [-0.15, -0.1) is 0 Å². The highest BCUT2D eigenvalue weighted by Gasteiger charge is 2.22. The molecule has 0 bridgehead atoms. The molecule has 1 aromatic rings. The van der Waals surface area contributed by atoms with Crippen LogP contribution in [0.25, 0.3) is 0 Å². The SMILES string of the molecule is CP1(=O)Nc2ccccc2CO1. The van der Waals surface area contributed by atoms with Gasteiger partial charge in [0, 0.05) is 17.9 Å². The number of rotatable bonds is 0. The van der Waals surface area contributed by atoms with E-state index in [0.29, 0.717) is 6.61 Å². The summed E-state index contributed by atoms with van der Waals surface area (Å²) in [7, 11) is -2.57. The Labute approximate surface area is 71.3 Å². The molecule has 1 aliphatic rings. The van der Waals surface area contributed by atoms with Gasteiger partial charge in [-0.3, -0.25) is 4.57 Å². The summed E-state index contributed by atoms with van der Waals surface area (Å²) in [4.78, 5) is 0. The minimum atomic E-state index is -2.57. The molecule has 1 unspecified atom stereocenters. The van der Waals surface area contributed by atoms with Gasteiger partial charge in [0.2, 0.25) is 0 Å². The Bertz CT molecular complexity index is 351. The third-order valence-corrected chi connectivity index (χ3v) is 3.08. The van der Waals surface area contributed by atoms with E-state index in [0.717, 1.165) is 11.3 Å². The van der Waals surface area contributed by atoms with Crippen LogP contribution in [0.3, 0.4) is 0 Å². The fourth-order valence-corrected chi connectivity index (χ4v) is 2.30. The molecule has 0 saturated heterocycles. The number of benzene rings is 1. The first-order valence-electron chi connectivity index (χ1n) is 3.76. The van der Waals surface area contributed by atoms with Gasteiger partial charge in [0.25, 0.3) is 7.52 Å². The van der Waals surface area contributed by atoms with E-state index in [2.05, 4.69) is 5.09 Å². The lowest BCUT2D eigenvalue weighted by atomic mass is 10.2. The Hall–Kier alpha value is -0.790. The van der Waals surface area contributed by atoms with Crippen LogP contribution in [-0.4, -0.2) is 6.66 Å². The lowest BCUT2D eigenvalue weighted by Gasteiger charge is -2.23. The molecular formula is C8H10NO2P. The van der Waals surface area contributed by atoms with Crippen LogP contribution in [-0.2, 0) is 15.7 Å². The molecule has 1 heterocycles. The molecule has 0 saturated carbocycles. The molecule has 0 radical (unpaired) electrons. The predicted octanol–water partition coefficient (Wildman–Crippen LogP) is 2.45. The van der Waals surface area contributed by atoms with Crippen molar-refractivity contribution in [2.45, 2.75) is 6.61 Å². The van der Waals surface area contributed by atoms with Crippen LogP contribution in [0.4, 0.5) is 5.69 Å². The van der Waals surface area contributed by atoms with Gasteiger partial charge in [0.15, 0.2) is 0 Å². The van der Waals surface area contributed by atoms with Crippen LogP contribution in [0.15, 0.2) is 24.3 Å². The standard InChI is InChI=1S/C8H10NO2P/c1-12(10)9-8-5-3-2-4-7(8)6-11-12/h2-5H,6H2,1H3,(H,9,10). The second-order valence-corrected chi connectivity index (χ2v) is 5.06. The Morgan fingerprint density at radius 1 is 1.50 bits per heavy atom. The topological polar surface area (TPSA) is 38.3 Å². The van der Waals surface area contributed by atoms with Crippen molar-refractivity contribution in [1.29, 1.82) is 0 Å². The van der Waals surface area contributed by atoms with Crippen LogP contribution in [0.1, 0.15) is 5.56 Å². The van der Waals surface area contributed by atoms with E-state index in [-0.39, 0.29) is 0 Å². The van der Waals surface area contributed by atoms with Gasteiger partial charge in [-0.1, -0.05) is 18.2 Å². The van der Waals surface area contributed by atoms with Crippen molar-refractivity contribution in [2.24, 2.45) is 0 Å². The lowest BCUT2D eigenvalue weighted by Crippen LogP contribution is -2.08. The van der Waals surface area contributed by atoms with Gasteiger partial charge < -0.3 is 9.61 Å². The first kappa shape index (κ1) is 7.84. The van der Waals surface area contributed by atoms with E-state index in [4.69, 9.17) is 4.52 Å². The minimum absolute atomic E-state index is 0.441. The molecule has 12 heavy (non-hydrogen) atoms. The number of para-hydroxylation sites is 1. The third-order valence-electron chi connectivity index (χ3n) is 1.81. The molecule has 0 amide bonds. The quantitative estimate of drug-likeness (QED) is 0.628. The van der Waals surface area contributed by atoms with E-state index in [1.807, 2.05) is 24.3 Å². The molecule has 1 atom stereocenters. The maximum atomic E-state index is 11.5. The second kappa shape index (κ2) is 2.61. The normalized spacial score (nSPS) is 27.4. The molecule has 1 N–H and O–H groups in total. The van der Waals surface area contributed by atoms with Crippen LogP contribution in [0, 0.1) is 0 Å². The fourth-order valence-electron chi connectivity index (χ4n) is 1.20. The third kappa shape index (κ3) is 1.38. The zero-order valence-electron chi connectivity index (χ0n) is 6.78. The Morgan fingerprint density at radius 2 is 2.25 bits per heavy atom. The summed E-state index contributed by atoms with van der Waals surface area (Å²) in [6.45, 7) is 2.03. The second-order valence-electron chi connectivity index (χ2n) is 2.89. The van der Waals surface area contributed by atoms with E-state index in [1.165, 1.54) is 0 Å². The van der Waals surface area contributed by atoms with E-state index in [1.54, 1.807) is 6.66 Å². The zero-order valence-corrected chi connectivity index (χ0v) is 7.67. The molecule has 0 aromatic heterocycles. The van der Waals surface area contributed by atoms with Gasteiger partial charge in [0.1, 0.15) is 0 Å². The number of nitrogens with one attached hydrogen (secondary N) is 1. The van der Waals surface area contributed by atoms with Gasteiger partial charge in [0.05, 0.1) is 6.61 Å². The minimum Gasteiger partial charge on any atom is -0.315 e. The molecule has 0 spiro atoms. The van der Waals surface area contributed by atoms with Crippen LogP contribution in [0.5, 0.6) is 0 Å². The molecule has 2 rings (SSSR count). The zero-order chi connectivity index (χ0) is 8.60. The van der Waals surface area contributed by atoms with Crippen molar-refractivity contribution < 1.29 is 9.09 Å². The van der Waals surface area contributed by atoms with Crippen molar-refractivity contribution >= 4 is 13.2 Å².